The van der Waals surface area contributed by atoms with Gasteiger partial charge in [-0.1, -0.05) is 12.1 Å². The topological polar surface area (TPSA) is 79.8 Å². The predicted octanol–water partition coefficient (Wildman–Crippen LogP) is 4.58. The summed E-state index contributed by atoms with van der Waals surface area (Å²) in [6.07, 6.45) is -3.01. The summed E-state index contributed by atoms with van der Waals surface area (Å²) in [5.74, 6) is 0.409. The Morgan fingerprint density at radius 2 is 1.74 bits per heavy atom. The van der Waals surface area contributed by atoms with Gasteiger partial charge in [-0.3, -0.25) is 4.79 Å². The van der Waals surface area contributed by atoms with Gasteiger partial charge in [0.25, 0.3) is 0 Å². The van der Waals surface area contributed by atoms with E-state index in [1.165, 1.54) is 25.3 Å². The van der Waals surface area contributed by atoms with Crippen molar-refractivity contribution in [3.63, 3.8) is 0 Å². The van der Waals surface area contributed by atoms with Gasteiger partial charge in [0, 0.05) is 16.9 Å². The first-order valence-electron chi connectivity index (χ1n) is 7.83. The van der Waals surface area contributed by atoms with E-state index in [0.29, 0.717) is 22.8 Å². The third kappa shape index (κ3) is 4.78. The number of Topliss-reactive ketones (excluding diaryl/α,β-unsaturated/α-hetero) is 1. The van der Waals surface area contributed by atoms with Gasteiger partial charge in [-0.15, -0.1) is 5.10 Å². The van der Waals surface area contributed by atoms with E-state index < -0.39 is 11.7 Å². The van der Waals surface area contributed by atoms with E-state index >= 15 is 0 Å². The molecule has 1 aromatic heterocycles. The molecule has 0 saturated heterocycles. The summed E-state index contributed by atoms with van der Waals surface area (Å²) in [6, 6.07) is 11.4. The van der Waals surface area contributed by atoms with Crippen molar-refractivity contribution < 1.29 is 18.0 Å². The average Bonchev–Trinajstić information content (AvgIpc) is 2.62. The van der Waals surface area contributed by atoms with Crippen LogP contribution in [0.5, 0.6) is 0 Å². The van der Waals surface area contributed by atoms with E-state index in [-0.39, 0.29) is 11.7 Å². The van der Waals surface area contributed by atoms with Crippen molar-refractivity contribution >= 4 is 28.9 Å². The van der Waals surface area contributed by atoms with Crippen LogP contribution in [0.15, 0.2) is 54.7 Å². The fourth-order valence-corrected chi connectivity index (χ4v) is 2.25. The maximum Gasteiger partial charge on any atom is 0.416 e. The number of hydrogen-bond acceptors (Lipinski definition) is 6. The summed E-state index contributed by atoms with van der Waals surface area (Å²) >= 11 is 0. The number of nitrogens with zero attached hydrogens (tertiary/aromatic N) is 3. The molecule has 0 fully saturated rings. The van der Waals surface area contributed by atoms with Crippen LogP contribution in [0.3, 0.4) is 0 Å². The highest BCUT2D eigenvalue weighted by Gasteiger charge is 2.29. The van der Waals surface area contributed by atoms with E-state index in [2.05, 4.69) is 25.8 Å². The number of benzene rings is 2. The molecule has 1 heterocycles. The van der Waals surface area contributed by atoms with Crippen LogP contribution in [0.1, 0.15) is 22.8 Å². The highest BCUT2D eigenvalue weighted by atomic mass is 19.4. The number of hydrogen-bond donors (Lipinski definition) is 2. The lowest BCUT2D eigenvalue weighted by atomic mass is 10.1. The zero-order valence-corrected chi connectivity index (χ0v) is 14.1. The van der Waals surface area contributed by atoms with Crippen LogP contribution in [0.4, 0.5) is 36.3 Å². The molecule has 0 aliphatic carbocycles. The molecule has 0 unspecified atom stereocenters. The first kappa shape index (κ1) is 18.3. The van der Waals surface area contributed by atoms with Crippen molar-refractivity contribution in [2.75, 3.05) is 10.6 Å². The molecule has 138 valence electrons. The van der Waals surface area contributed by atoms with Crippen molar-refractivity contribution in [2.24, 2.45) is 0 Å². The molecule has 0 bridgehead atoms. The molecule has 0 radical (unpaired) electrons. The predicted molar refractivity (Wildman–Crippen MR) is 94.3 cm³/mol. The van der Waals surface area contributed by atoms with Crippen LogP contribution in [-0.2, 0) is 6.18 Å². The molecule has 3 rings (SSSR count). The minimum atomic E-state index is -4.39. The number of halogens is 3. The van der Waals surface area contributed by atoms with Crippen molar-refractivity contribution in [1.82, 2.24) is 15.2 Å². The highest BCUT2D eigenvalue weighted by molar-refractivity contribution is 5.95. The Morgan fingerprint density at radius 3 is 2.41 bits per heavy atom. The van der Waals surface area contributed by atoms with E-state index in [9.17, 15) is 18.0 Å². The van der Waals surface area contributed by atoms with E-state index in [0.717, 1.165) is 12.1 Å². The van der Waals surface area contributed by atoms with Crippen LogP contribution in [0, 0.1) is 0 Å². The number of carbonyl (C=O) groups is 1. The maximum absolute atomic E-state index is 12.6. The minimum Gasteiger partial charge on any atom is -0.339 e. The third-order valence-corrected chi connectivity index (χ3v) is 3.57. The molecule has 9 heteroatoms. The van der Waals surface area contributed by atoms with Gasteiger partial charge in [0.2, 0.25) is 5.95 Å². The quantitative estimate of drug-likeness (QED) is 0.637. The molecule has 2 aromatic carbocycles. The Kier molecular flexibility index (Phi) is 5.02. The Hall–Kier alpha value is -3.49. The molecule has 3 aromatic rings. The molecule has 27 heavy (non-hydrogen) atoms. The Labute approximate surface area is 152 Å². The lowest BCUT2D eigenvalue weighted by molar-refractivity contribution is -0.137. The monoisotopic (exact) mass is 373 g/mol. The molecule has 0 amide bonds. The molecular formula is C18H14F3N5O. The normalized spacial score (nSPS) is 11.1. The second-order valence-electron chi connectivity index (χ2n) is 5.63. The van der Waals surface area contributed by atoms with Gasteiger partial charge >= 0.3 is 6.18 Å². The molecule has 2 N–H and O–H groups in total. The number of rotatable bonds is 5. The summed E-state index contributed by atoms with van der Waals surface area (Å²) in [7, 11) is 0. The minimum absolute atomic E-state index is 0.0656. The largest absolute Gasteiger partial charge is 0.416 e. The molecule has 0 aliphatic heterocycles. The van der Waals surface area contributed by atoms with Gasteiger partial charge in [0.05, 0.1) is 11.8 Å². The lowest BCUT2D eigenvalue weighted by Crippen LogP contribution is -2.05. The van der Waals surface area contributed by atoms with Gasteiger partial charge in [-0.2, -0.15) is 23.3 Å². The third-order valence-electron chi connectivity index (χ3n) is 3.57. The number of alkyl halides is 3. The van der Waals surface area contributed by atoms with Crippen molar-refractivity contribution in [1.29, 1.82) is 0 Å². The van der Waals surface area contributed by atoms with Crippen molar-refractivity contribution in [2.45, 2.75) is 13.1 Å². The first-order chi connectivity index (χ1) is 12.8. The molecule has 0 aliphatic rings. The summed E-state index contributed by atoms with van der Waals surface area (Å²) in [5.41, 5.74) is 0.835. The smallest absolute Gasteiger partial charge is 0.339 e. The van der Waals surface area contributed by atoms with Crippen LogP contribution in [0.2, 0.25) is 0 Å². The van der Waals surface area contributed by atoms with Gasteiger partial charge in [0.1, 0.15) is 0 Å². The Morgan fingerprint density at radius 1 is 1.00 bits per heavy atom. The Bertz CT molecular complexity index is 958. The zero-order chi connectivity index (χ0) is 19.4. The molecule has 6 nitrogen and oxygen atoms in total. The molecular weight excluding hydrogens is 359 g/mol. The second-order valence-corrected chi connectivity index (χ2v) is 5.63. The lowest BCUT2D eigenvalue weighted by Gasteiger charge is -2.10. The number of ketones is 1. The fourth-order valence-electron chi connectivity index (χ4n) is 2.25. The first-order valence-corrected chi connectivity index (χ1v) is 7.83. The standard InChI is InChI=1S/C18H14F3N5O/c1-11(27)12-3-2-4-15(9-12)23-16-10-22-26-17(25-16)24-14-7-5-13(6-8-14)18(19,20)21/h2-10H,1H3,(H2,23,24,25,26). The average molecular weight is 373 g/mol. The molecule has 0 atom stereocenters. The van der Waals surface area contributed by atoms with Crippen LogP contribution in [0.25, 0.3) is 0 Å². The summed E-state index contributed by atoms with van der Waals surface area (Å²) < 4.78 is 37.8. The van der Waals surface area contributed by atoms with Crippen LogP contribution in [-0.4, -0.2) is 21.0 Å². The number of aromatic nitrogens is 3. The molecule has 0 spiro atoms. The van der Waals surface area contributed by atoms with Crippen LogP contribution >= 0.6 is 0 Å². The van der Waals surface area contributed by atoms with Gasteiger partial charge < -0.3 is 10.6 Å². The number of anilines is 4. The highest BCUT2D eigenvalue weighted by Crippen LogP contribution is 2.30. The van der Waals surface area contributed by atoms with E-state index in [4.69, 9.17) is 0 Å². The SMILES string of the molecule is CC(=O)c1cccc(Nc2cnnc(Nc3ccc(C(F)(F)F)cc3)n2)c1. The maximum atomic E-state index is 12.6. The van der Waals surface area contributed by atoms with Gasteiger partial charge in [0.15, 0.2) is 11.6 Å². The van der Waals surface area contributed by atoms with Crippen molar-refractivity contribution in [3.8, 4) is 0 Å². The van der Waals surface area contributed by atoms with Crippen LogP contribution < -0.4 is 10.6 Å². The van der Waals surface area contributed by atoms with Gasteiger partial charge in [-0.25, -0.2) is 0 Å². The summed E-state index contributed by atoms with van der Waals surface area (Å²) in [6.45, 7) is 1.47. The van der Waals surface area contributed by atoms with E-state index in [1.54, 1.807) is 24.3 Å². The second kappa shape index (κ2) is 7.40. The Balaban J connectivity index is 1.74. The van der Waals surface area contributed by atoms with E-state index in [1.807, 2.05) is 0 Å². The van der Waals surface area contributed by atoms with Crippen molar-refractivity contribution in [3.05, 3.63) is 65.9 Å². The molecule has 0 saturated carbocycles. The summed E-state index contributed by atoms with van der Waals surface area (Å²) in [4.78, 5) is 15.7. The van der Waals surface area contributed by atoms with Gasteiger partial charge in [-0.05, 0) is 43.3 Å². The fraction of sp³-hybridized carbons (Fsp3) is 0.111. The summed E-state index contributed by atoms with van der Waals surface area (Å²) in [5, 5.41) is 13.4. The number of nitrogens with one attached hydrogen (secondary N) is 2. The number of carbonyl (C=O) groups excluding carboxylic acids is 1. The zero-order valence-electron chi connectivity index (χ0n) is 14.1.